The number of nitrogens with one attached hydrogen (secondary N) is 1. The summed E-state index contributed by atoms with van der Waals surface area (Å²) in [7, 11) is 0. The number of hydrogen-bond donors (Lipinski definition) is 2. The molecule has 3 rings (SSSR count). The number of benzene rings is 1. The minimum absolute atomic E-state index is 0.0176. The molecule has 7 nitrogen and oxygen atoms in total. The van der Waals surface area contributed by atoms with Crippen LogP contribution in [0.1, 0.15) is 69.3 Å². The van der Waals surface area contributed by atoms with Gasteiger partial charge in [-0.25, -0.2) is 4.68 Å². The van der Waals surface area contributed by atoms with Gasteiger partial charge in [-0.2, -0.15) is 0 Å². The van der Waals surface area contributed by atoms with E-state index in [0.717, 1.165) is 29.7 Å². The number of nitrogen functional groups attached to an aromatic ring is 1. The fraction of sp³-hybridized carbons (Fsp3) is 0.571. The molecule has 3 N–H and O–H groups in total. The molecule has 1 amide bonds. The van der Waals surface area contributed by atoms with Gasteiger partial charge < -0.3 is 15.9 Å². The largest absolute Gasteiger partial charge is 0.485 e. The second kappa shape index (κ2) is 9.52. The van der Waals surface area contributed by atoms with Crippen LogP contribution in [0.2, 0.25) is 0 Å². The molecule has 0 aliphatic heterocycles. The molecule has 1 aliphatic carbocycles. The fourth-order valence-corrected chi connectivity index (χ4v) is 4.27. The number of nitrogens with two attached hydrogens (primary N) is 1. The van der Waals surface area contributed by atoms with Crippen molar-refractivity contribution in [3.63, 3.8) is 0 Å². The van der Waals surface area contributed by atoms with E-state index in [4.69, 9.17) is 10.6 Å². The van der Waals surface area contributed by atoms with Crippen LogP contribution in [0.4, 0.5) is 0 Å². The van der Waals surface area contributed by atoms with Crippen LogP contribution in [0.5, 0.6) is 5.75 Å². The summed E-state index contributed by atoms with van der Waals surface area (Å²) in [6.45, 7) is 8.39. The van der Waals surface area contributed by atoms with E-state index >= 15 is 0 Å². The quantitative estimate of drug-likeness (QED) is 0.504. The fourth-order valence-electron chi connectivity index (χ4n) is 3.47. The van der Waals surface area contributed by atoms with Gasteiger partial charge in [0.2, 0.25) is 11.1 Å². The molecule has 0 spiro atoms. The third-order valence-corrected chi connectivity index (χ3v) is 6.29. The minimum atomic E-state index is -0.291. The summed E-state index contributed by atoms with van der Waals surface area (Å²) < 4.78 is 7.42. The van der Waals surface area contributed by atoms with Crippen LogP contribution in [-0.4, -0.2) is 32.1 Å². The standard InChI is InChI=1S/C21H31N5O2S/c1-13(2)17-10-9-14(3)11-18(17)28-12-19-24-25-21(26(19)22)29-15(4)20(27)23-16-7-5-6-8-16/h9-11,13,15-16H,5-8,12,22H2,1-4H3,(H,23,27)/t15-/m0/s1. The van der Waals surface area contributed by atoms with Crippen molar-refractivity contribution >= 4 is 17.7 Å². The smallest absolute Gasteiger partial charge is 0.233 e. The Balaban J connectivity index is 1.61. The van der Waals surface area contributed by atoms with E-state index in [1.807, 2.05) is 19.9 Å². The molecule has 1 saturated carbocycles. The maximum Gasteiger partial charge on any atom is 0.233 e. The average Bonchev–Trinajstić information content (AvgIpc) is 3.30. The maximum atomic E-state index is 12.4. The molecule has 1 atom stereocenters. The van der Waals surface area contributed by atoms with Gasteiger partial charge in [0.25, 0.3) is 0 Å². The van der Waals surface area contributed by atoms with E-state index in [1.165, 1.54) is 29.3 Å². The molecule has 0 unspecified atom stereocenters. The molecule has 0 saturated heterocycles. The molecule has 1 heterocycles. The van der Waals surface area contributed by atoms with Crippen molar-refractivity contribution in [2.75, 3.05) is 5.84 Å². The lowest BCUT2D eigenvalue weighted by atomic mass is 10.0. The molecule has 158 valence electrons. The highest BCUT2D eigenvalue weighted by molar-refractivity contribution is 8.00. The van der Waals surface area contributed by atoms with Gasteiger partial charge in [-0.3, -0.25) is 4.79 Å². The molecule has 0 bridgehead atoms. The van der Waals surface area contributed by atoms with Gasteiger partial charge in [0.05, 0.1) is 5.25 Å². The number of carbonyl (C=O) groups excluding carboxylic acids is 1. The average molecular weight is 418 g/mol. The number of aromatic nitrogens is 3. The summed E-state index contributed by atoms with van der Waals surface area (Å²) in [5.41, 5.74) is 2.28. The molecule has 2 aromatic rings. The Hall–Kier alpha value is -2.22. The molecule has 1 aliphatic rings. The third-order valence-electron chi connectivity index (χ3n) is 5.24. The lowest BCUT2D eigenvalue weighted by molar-refractivity contribution is -0.120. The van der Waals surface area contributed by atoms with Crippen molar-refractivity contribution in [2.24, 2.45) is 0 Å². The lowest BCUT2D eigenvalue weighted by Crippen LogP contribution is -2.37. The van der Waals surface area contributed by atoms with Crippen LogP contribution >= 0.6 is 11.8 Å². The summed E-state index contributed by atoms with van der Waals surface area (Å²) >= 11 is 1.31. The zero-order valence-corrected chi connectivity index (χ0v) is 18.5. The Morgan fingerprint density at radius 1 is 1.31 bits per heavy atom. The number of thioether (sulfide) groups is 1. The summed E-state index contributed by atoms with van der Waals surface area (Å²) in [5, 5.41) is 11.6. The summed E-state index contributed by atoms with van der Waals surface area (Å²) in [6.07, 6.45) is 4.50. The number of amides is 1. The van der Waals surface area contributed by atoms with Crippen LogP contribution in [0.3, 0.4) is 0 Å². The summed E-state index contributed by atoms with van der Waals surface area (Å²) in [4.78, 5) is 12.4. The normalized spacial score (nSPS) is 15.6. The van der Waals surface area contributed by atoms with Crippen molar-refractivity contribution in [1.29, 1.82) is 0 Å². The highest BCUT2D eigenvalue weighted by Crippen LogP contribution is 2.28. The lowest BCUT2D eigenvalue weighted by Gasteiger charge is -2.16. The first-order valence-electron chi connectivity index (χ1n) is 10.2. The predicted octanol–water partition coefficient (Wildman–Crippen LogP) is 3.54. The first-order valence-corrected chi connectivity index (χ1v) is 11.1. The number of nitrogens with zero attached hydrogens (tertiary/aromatic N) is 3. The summed E-state index contributed by atoms with van der Waals surface area (Å²) in [5.74, 6) is 7.89. The second-order valence-electron chi connectivity index (χ2n) is 8.00. The van der Waals surface area contributed by atoms with Crippen LogP contribution < -0.4 is 15.9 Å². The van der Waals surface area contributed by atoms with E-state index in [0.29, 0.717) is 22.9 Å². The number of aryl methyl sites for hydroxylation is 1. The van der Waals surface area contributed by atoms with Crippen molar-refractivity contribution in [2.45, 2.75) is 82.4 Å². The Labute approximate surface area is 176 Å². The van der Waals surface area contributed by atoms with E-state index < -0.39 is 0 Å². The van der Waals surface area contributed by atoms with Crippen molar-refractivity contribution < 1.29 is 9.53 Å². The first kappa shape index (κ1) is 21.5. The van der Waals surface area contributed by atoms with Crippen LogP contribution in [0, 0.1) is 6.92 Å². The molecule has 8 heteroatoms. The zero-order chi connectivity index (χ0) is 21.0. The van der Waals surface area contributed by atoms with Gasteiger partial charge in [-0.05, 0) is 49.8 Å². The molecular weight excluding hydrogens is 386 g/mol. The monoisotopic (exact) mass is 417 g/mol. The number of carbonyl (C=O) groups is 1. The Morgan fingerprint density at radius 2 is 2.03 bits per heavy atom. The van der Waals surface area contributed by atoms with Crippen LogP contribution in [-0.2, 0) is 11.4 Å². The molecule has 1 aromatic heterocycles. The first-order chi connectivity index (χ1) is 13.8. The molecular formula is C21H31N5O2S. The van der Waals surface area contributed by atoms with Crippen LogP contribution in [0.25, 0.3) is 0 Å². The third kappa shape index (κ3) is 5.44. The molecule has 0 radical (unpaired) electrons. The van der Waals surface area contributed by atoms with Gasteiger partial charge in [0.1, 0.15) is 12.4 Å². The molecule has 1 aromatic carbocycles. The van der Waals surface area contributed by atoms with Gasteiger partial charge in [0, 0.05) is 6.04 Å². The molecule has 29 heavy (non-hydrogen) atoms. The van der Waals surface area contributed by atoms with Crippen molar-refractivity contribution in [3.8, 4) is 5.75 Å². The molecule has 1 fully saturated rings. The number of hydrogen-bond acceptors (Lipinski definition) is 6. The van der Waals surface area contributed by atoms with E-state index in [-0.39, 0.29) is 17.8 Å². The number of rotatable bonds is 8. The van der Waals surface area contributed by atoms with Gasteiger partial charge in [0.15, 0.2) is 5.82 Å². The van der Waals surface area contributed by atoms with Crippen molar-refractivity contribution in [1.82, 2.24) is 20.2 Å². The minimum Gasteiger partial charge on any atom is -0.485 e. The maximum absolute atomic E-state index is 12.4. The highest BCUT2D eigenvalue weighted by Gasteiger charge is 2.23. The van der Waals surface area contributed by atoms with Crippen molar-refractivity contribution in [3.05, 3.63) is 35.2 Å². The van der Waals surface area contributed by atoms with E-state index in [2.05, 4.69) is 41.5 Å². The zero-order valence-electron chi connectivity index (χ0n) is 17.6. The predicted molar refractivity (Wildman–Crippen MR) is 115 cm³/mol. The van der Waals surface area contributed by atoms with Gasteiger partial charge in [-0.1, -0.05) is 50.6 Å². The summed E-state index contributed by atoms with van der Waals surface area (Å²) in [6, 6.07) is 6.50. The van der Waals surface area contributed by atoms with Gasteiger partial charge in [-0.15, -0.1) is 10.2 Å². The van der Waals surface area contributed by atoms with Crippen LogP contribution in [0.15, 0.2) is 23.4 Å². The SMILES string of the molecule is Cc1ccc(C(C)C)c(OCc2nnc(S[C@@H](C)C(=O)NC3CCCC3)n2N)c1. The van der Waals surface area contributed by atoms with E-state index in [9.17, 15) is 4.79 Å². The van der Waals surface area contributed by atoms with E-state index in [1.54, 1.807) is 0 Å². The topological polar surface area (TPSA) is 95.1 Å². The second-order valence-corrected chi connectivity index (χ2v) is 9.31. The number of ether oxygens (including phenoxy) is 1. The highest BCUT2D eigenvalue weighted by atomic mass is 32.2. The Kier molecular flexibility index (Phi) is 7.05. The van der Waals surface area contributed by atoms with Gasteiger partial charge >= 0.3 is 0 Å². The Bertz CT molecular complexity index is 846. The Morgan fingerprint density at radius 3 is 2.72 bits per heavy atom.